The Morgan fingerprint density at radius 3 is 2.53 bits per heavy atom. The second kappa shape index (κ2) is 12.3. The molecule has 3 rings (SSSR count). The third-order valence-electron chi connectivity index (χ3n) is 5.26. The zero-order valence-electron chi connectivity index (χ0n) is 18.8. The van der Waals surface area contributed by atoms with Crippen LogP contribution < -0.4 is 10.1 Å². The molecule has 1 atom stereocenters. The second-order valence-corrected chi connectivity index (χ2v) is 8.89. The topological polar surface area (TPSA) is 71.0 Å². The number of carbonyl (C=O) groups excluding carboxylic acids is 2. The molecule has 1 saturated heterocycles. The van der Waals surface area contributed by atoms with E-state index in [0.29, 0.717) is 18.3 Å². The van der Waals surface area contributed by atoms with E-state index in [4.69, 9.17) is 9.73 Å². The summed E-state index contributed by atoms with van der Waals surface area (Å²) in [6, 6.07) is 17.2. The SMILES string of the molecule is CCCCCCN1C(=O)[C@H](CC(=O)NCc2ccc(OC)cc2)SC1=Nc1ccccc1. The van der Waals surface area contributed by atoms with Crippen molar-refractivity contribution in [2.75, 3.05) is 13.7 Å². The molecule has 0 aliphatic carbocycles. The fourth-order valence-corrected chi connectivity index (χ4v) is 4.61. The van der Waals surface area contributed by atoms with Crippen LogP contribution in [0.2, 0.25) is 0 Å². The summed E-state index contributed by atoms with van der Waals surface area (Å²) in [5.74, 6) is 0.608. The number of amides is 2. The number of ether oxygens (including phenoxy) is 1. The van der Waals surface area contributed by atoms with Gasteiger partial charge < -0.3 is 10.1 Å². The first-order valence-electron chi connectivity index (χ1n) is 11.1. The number of hydrogen-bond acceptors (Lipinski definition) is 5. The number of hydrogen-bond donors (Lipinski definition) is 1. The Balaban J connectivity index is 1.61. The first-order chi connectivity index (χ1) is 15.6. The van der Waals surface area contributed by atoms with E-state index in [9.17, 15) is 9.59 Å². The average molecular weight is 454 g/mol. The minimum absolute atomic E-state index is 0.0271. The van der Waals surface area contributed by atoms with Gasteiger partial charge in [-0.2, -0.15) is 0 Å². The molecule has 1 heterocycles. The van der Waals surface area contributed by atoms with Crippen LogP contribution in [0.1, 0.15) is 44.6 Å². The highest BCUT2D eigenvalue weighted by Crippen LogP contribution is 2.32. The number of carbonyl (C=O) groups is 2. The number of unbranched alkanes of at least 4 members (excludes halogenated alkanes) is 3. The Kier molecular flexibility index (Phi) is 9.16. The van der Waals surface area contributed by atoms with E-state index in [1.807, 2.05) is 54.6 Å². The number of amidine groups is 1. The summed E-state index contributed by atoms with van der Waals surface area (Å²) < 4.78 is 5.16. The summed E-state index contributed by atoms with van der Waals surface area (Å²) in [5, 5.41) is 3.16. The molecule has 2 aromatic carbocycles. The number of benzene rings is 2. The molecule has 7 heteroatoms. The molecule has 0 unspecified atom stereocenters. The van der Waals surface area contributed by atoms with E-state index in [-0.39, 0.29) is 18.2 Å². The van der Waals surface area contributed by atoms with Crippen molar-refractivity contribution in [3.8, 4) is 5.75 Å². The maximum absolute atomic E-state index is 13.1. The maximum Gasteiger partial charge on any atom is 0.242 e. The van der Waals surface area contributed by atoms with Crippen molar-refractivity contribution in [3.05, 3.63) is 60.2 Å². The van der Waals surface area contributed by atoms with E-state index in [1.54, 1.807) is 12.0 Å². The van der Waals surface area contributed by atoms with Crippen LogP contribution in [0.4, 0.5) is 5.69 Å². The van der Waals surface area contributed by atoms with Gasteiger partial charge >= 0.3 is 0 Å². The van der Waals surface area contributed by atoms with Gasteiger partial charge in [-0.3, -0.25) is 14.5 Å². The number of methoxy groups -OCH3 is 1. The summed E-state index contributed by atoms with van der Waals surface area (Å²) >= 11 is 1.39. The van der Waals surface area contributed by atoms with Crippen LogP contribution in [0, 0.1) is 0 Å². The lowest BCUT2D eigenvalue weighted by Gasteiger charge is -2.16. The van der Waals surface area contributed by atoms with E-state index < -0.39 is 5.25 Å². The lowest BCUT2D eigenvalue weighted by atomic mass is 10.2. The molecule has 1 aliphatic heterocycles. The molecule has 0 bridgehead atoms. The monoisotopic (exact) mass is 453 g/mol. The molecule has 2 amide bonds. The molecule has 0 spiro atoms. The van der Waals surface area contributed by atoms with Crippen molar-refractivity contribution in [1.82, 2.24) is 10.2 Å². The highest BCUT2D eigenvalue weighted by Gasteiger charge is 2.38. The summed E-state index contributed by atoms with van der Waals surface area (Å²) in [6.07, 6.45) is 4.45. The molecule has 170 valence electrons. The Labute approximate surface area is 194 Å². The maximum atomic E-state index is 13.1. The van der Waals surface area contributed by atoms with Gasteiger partial charge in [0.15, 0.2) is 5.17 Å². The van der Waals surface area contributed by atoms with Crippen molar-refractivity contribution in [2.45, 2.75) is 50.8 Å². The predicted molar refractivity (Wildman–Crippen MR) is 130 cm³/mol. The summed E-state index contributed by atoms with van der Waals surface area (Å²) in [5.41, 5.74) is 1.79. The van der Waals surface area contributed by atoms with E-state index in [2.05, 4.69) is 12.2 Å². The van der Waals surface area contributed by atoms with Crippen LogP contribution in [0.15, 0.2) is 59.6 Å². The van der Waals surface area contributed by atoms with Gasteiger partial charge in [-0.15, -0.1) is 0 Å². The number of rotatable bonds is 11. The van der Waals surface area contributed by atoms with Gasteiger partial charge in [0, 0.05) is 19.5 Å². The predicted octanol–water partition coefficient (Wildman–Crippen LogP) is 4.91. The van der Waals surface area contributed by atoms with Crippen LogP contribution in [0.3, 0.4) is 0 Å². The van der Waals surface area contributed by atoms with Crippen molar-refractivity contribution in [1.29, 1.82) is 0 Å². The fourth-order valence-electron chi connectivity index (χ4n) is 3.43. The van der Waals surface area contributed by atoms with E-state index in [1.165, 1.54) is 11.8 Å². The quantitative estimate of drug-likeness (QED) is 0.491. The Bertz CT molecular complexity index is 916. The number of para-hydroxylation sites is 1. The van der Waals surface area contributed by atoms with Crippen LogP contribution >= 0.6 is 11.8 Å². The Hall–Kier alpha value is -2.80. The van der Waals surface area contributed by atoms with Crippen molar-refractivity contribution < 1.29 is 14.3 Å². The molecular formula is C25H31N3O3S. The van der Waals surface area contributed by atoms with Gasteiger partial charge in [-0.1, -0.05) is 68.3 Å². The van der Waals surface area contributed by atoms with Crippen LogP contribution in [-0.4, -0.2) is 40.8 Å². The van der Waals surface area contributed by atoms with E-state index >= 15 is 0 Å². The third-order valence-corrected chi connectivity index (χ3v) is 6.43. The van der Waals surface area contributed by atoms with Crippen molar-refractivity contribution >= 4 is 34.4 Å². The van der Waals surface area contributed by atoms with Gasteiger partial charge in [0.05, 0.1) is 12.8 Å². The van der Waals surface area contributed by atoms with Crippen LogP contribution in [-0.2, 0) is 16.1 Å². The second-order valence-electron chi connectivity index (χ2n) is 7.72. The van der Waals surface area contributed by atoms with Gasteiger partial charge in [0.1, 0.15) is 11.0 Å². The molecule has 32 heavy (non-hydrogen) atoms. The largest absolute Gasteiger partial charge is 0.497 e. The van der Waals surface area contributed by atoms with Gasteiger partial charge in [-0.25, -0.2) is 4.99 Å². The fraction of sp³-hybridized carbons (Fsp3) is 0.400. The molecule has 0 aromatic heterocycles. The smallest absolute Gasteiger partial charge is 0.242 e. The van der Waals surface area contributed by atoms with Gasteiger partial charge in [-0.05, 0) is 36.2 Å². The van der Waals surface area contributed by atoms with Crippen molar-refractivity contribution in [2.24, 2.45) is 4.99 Å². The Morgan fingerprint density at radius 2 is 1.84 bits per heavy atom. The van der Waals surface area contributed by atoms with Gasteiger partial charge in [0.25, 0.3) is 0 Å². The molecule has 1 N–H and O–H groups in total. The Morgan fingerprint density at radius 1 is 1.09 bits per heavy atom. The van der Waals surface area contributed by atoms with Gasteiger partial charge in [0.2, 0.25) is 11.8 Å². The molecule has 1 aliphatic rings. The van der Waals surface area contributed by atoms with Crippen LogP contribution in [0.5, 0.6) is 5.75 Å². The number of nitrogens with one attached hydrogen (secondary N) is 1. The number of aliphatic imine (C=N–C) groups is 1. The first kappa shape index (κ1) is 23.9. The van der Waals surface area contributed by atoms with E-state index in [0.717, 1.165) is 42.7 Å². The highest BCUT2D eigenvalue weighted by atomic mass is 32.2. The van der Waals surface area contributed by atoms with Crippen LogP contribution in [0.25, 0.3) is 0 Å². The minimum Gasteiger partial charge on any atom is -0.497 e. The lowest BCUT2D eigenvalue weighted by Crippen LogP contribution is -2.35. The zero-order chi connectivity index (χ0) is 22.8. The molecule has 0 radical (unpaired) electrons. The average Bonchev–Trinajstić information content (AvgIpc) is 3.10. The molecule has 2 aromatic rings. The molecule has 1 fully saturated rings. The third kappa shape index (κ3) is 6.85. The zero-order valence-corrected chi connectivity index (χ0v) is 19.6. The minimum atomic E-state index is -0.445. The highest BCUT2D eigenvalue weighted by molar-refractivity contribution is 8.15. The van der Waals surface area contributed by atoms with Crippen molar-refractivity contribution in [3.63, 3.8) is 0 Å². The summed E-state index contributed by atoms with van der Waals surface area (Å²) in [4.78, 5) is 32.1. The molecule has 6 nitrogen and oxygen atoms in total. The molecular weight excluding hydrogens is 422 g/mol. The standard InChI is InChI=1S/C25H31N3O3S/c1-3-4-5-9-16-28-24(30)22(32-25(28)27-20-10-7-6-8-11-20)17-23(29)26-18-19-12-14-21(31-2)15-13-19/h6-8,10-15,22H,3-5,9,16-18H2,1-2H3,(H,26,29)/t22-/m0/s1. The summed E-state index contributed by atoms with van der Waals surface area (Å²) in [6.45, 7) is 3.22. The summed E-state index contributed by atoms with van der Waals surface area (Å²) in [7, 11) is 1.62. The number of nitrogens with zero attached hydrogens (tertiary/aromatic N) is 2. The normalized spacial score (nSPS) is 17.1. The number of thioether (sulfide) groups is 1. The lowest BCUT2D eigenvalue weighted by molar-refractivity contribution is -0.129. The molecule has 0 saturated carbocycles. The first-order valence-corrected chi connectivity index (χ1v) is 12.0.